The molecule has 3 aromatic carbocycles. The number of aromatic nitrogens is 2. The van der Waals surface area contributed by atoms with Crippen molar-refractivity contribution in [1.29, 1.82) is 0 Å². The number of amides is 2. The Morgan fingerprint density at radius 2 is 1.70 bits per heavy atom. The van der Waals surface area contributed by atoms with E-state index in [-0.39, 0.29) is 17.7 Å². The number of benzene rings is 3. The van der Waals surface area contributed by atoms with Gasteiger partial charge in [0.15, 0.2) is 0 Å². The molecule has 2 heterocycles. The number of carbonyl (C=O) groups excluding carboxylic acids is 1. The number of rotatable bonds is 7. The quantitative estimate of drug-likeness (QED) is 0.313. The van der Waals surface area contributed by atoms with Gasteiger partial charge in [-0.25, -0.2) is 9.18 Å². The molecule has 1 aliphatic heterocycles. The third kappa shape index (κ3) is 4.82. The molecule has 1 aliphatic rings. The lowest BCUT2D eigenvalue weighted by Gasteiger charge is -2.35. The van der Waals surface area contributed by atoms with Gasteiger partial charge in [-0.15, -0.1) is 0 Å². The third-order valence-corrected chi connectivity index (χ3v) is 6.37. The van der Waals surface area contributed by atoms with Crippen LogP contribution in [0, 0.1) is 5.82 Å². The standard InChI is InChI=1S/C29H27FN4O3/c1-4-19-6-8-20(9-7-19)26-25(28-32-27(33-37-28)21-10-12-22(30)13-11-21)18(3)34(29(35)31-26)23-14-16-24(17-15-23)36-5-2/h6-17,26H,4-5H2,1-3H3,(H,31,35). The topological polar surface area (TPSA) is 80.5 Å². The molecule has 2 amide bonds. The SMILES string of the molecule is CCOc1ccc(N2C(=O)NC(c3ccc(CC)cc3)C(c3nc(-c4ccc(F)cc4)no3)=C2C)cc1. The van der Waals surface area contributed by atoms with Crippen molar-refractivity contribution in [3.05, 3.63) is 101 Å². The van der Waals surface area contributed by atoms with Crippen molar-refractivity contribution in [2.45, 2.75) is 33.2 Å². The largest absolute Gasteiger partial charge is 0.494 e. The average Bonchev–Trinajstić information content (AvgIpc) is 3.39. The molecular weight excluding hydrogens is 471 g/mol. The number of allylic oxidation sites excluding steroid dienone is 1. The van der Waals surface area contributed by atoms with Crippen LogP contribution in [0.3, 0.4) is 0 Å². The lowest BCUT2D eigenvalue weighted by atomic mass is 9.93. The Morgan fingerprint density at radius 1 is 1.00 bits per heavy atom. The van der Waals surface area contributed by atoms with Gasteiger partial charge in [0.05, 0.1) is 23.9 Å². The number of anilines is 1. The van der Waals surface area contributed by atoms with Crippen LogP contribution < -0.4 is 15.0 Å². The van der Waals surface area contributed by atoms with Gasteiger partial charge < -0.3 is 14.6 Å². The molecule has 0 bridgehead atoms. The minimum absolute atomic E-state index is 0.270. The molecule has 8 heteroatoms. The van der Waals surface area contributed by atoms with E-state index in [1.807, 2.05) is 62.4 Å². The summed E-state index contributed by atoms with van der Waals surface area (Å²) in [6, 6.07) is 20.5. The molecule has 4 aromatic rings. The van der Waals surface area contributed by atoms with E-state index in [9.17, 15) is 9.18 Å². The van der Waals surface area contributed by atoms with Crippen molar-refractivity contribution in [2.75, 3.05) is 11.5 Å². The van der Waals surface area contributed by atoms with Crippen LogP contribution in [0.1, 0.15) is 43.8 Å². The molecule has 0 radical (unpaired) electrons. The van der Waals surface area contributed by atoms with E-state index in [2.05, 4.69) is 22.4 Å². The lowest BCUT2D eigenvalue weighted by molar-refractivity contribution is 0.244. The van der Waals surface area contributed by atoms with Crippen LogP contribution in [0.2, 0.25) is 0 Å². The molecule has 1 N–H and O–H groups in total. The Hall–Kier alpha value is -4.46. The van der Waals surface area contributed by atoms with E-state index in [1.165, 1.54) is 17.7 Å². The normalized spacial score (nSPS) is 15.6. The summed E-state index contributed by atoms with van der Waals surface area (Å²) < 4.78 is 24.7. The van der Waals surface area contributed by atoms with Crippen LogP contribution in [0.25, 0.3) is 17.0 Å². The van der Waals surface area contributed by atoms with Crippen molar-refractivity contribution in [3.63, 3.8) is 0 Å². The first-order valence-electron chi connectivity index (χ1n) is 12.2. The fraction of sp³-hybridized carbons (Fsp3) is 0.207. The smallest absolute Gasteiger partial charge is 0.326 e. The monoisotopic (exact) mass is 498 g/mol. The maximum absolute atomic E-state index is 13.4. The Balaban J connectivity index is 1.60. The zero-order chi connectivity index (χ0) is 25.9. The first-order valence-corrected chi connectivity index (χ1v) is 12.2. The molecule has 0 aliphatic carbocycles. The summed E-state index contributed by atoms with van der Waals surface area (Å²) in [5, 5.41) is 7.25. The third-order valence-electron chi connectivity index (χ3n) is 6.37. The minimum atomic E-state index is -0.501. The van der Waals surface area contributed by atoms with Gasteiger partial charge in [0.1, 0.15) is 11.6 Å². The summed E-state index contributed by atoms with van der Waals surface area (Å²) in [5.41, 5.74) is 4.73. The van der Waals surface area contributed by atoms with Crippen molar-refractivity contribution >= 4 is 17.3 Å². The highest BCUT2D eigenvalue weighted by atomic mass is 19.1. The van der Waals surface area contributed by atoms with Crippen molar-refractivity contribution in [1.82, 2.24) is 15.5 Å². The molecule has 0 saturated heterocycles. The maximum Gasteiger partial charge on any atom is 0.326 e. The fourth-order valence-electron chi connectivity index (χ4n) is 4.43. The van der Waals surface area contributed by atoms with Crippen LogP contribution in [0.5, 0.6) is 5.75 Å². The first-order chi connectivity index (χ1) is 18.0. The number of nitrogens with zero attached hydrogens (tertiary/aromatic N) is 3. The number of aryl methyl sites for hydroxylation is 1. The van der Waals surface area contributed by atoms with Crippen molar-refractivity contribution < 1.29 is 18.4 Å². The number of urea groups is 1. The summed E-state index contributed by atoms with van der Waals surface area (Å²) in [6.45, 7) is 6.43. The lowest BCUT2D eigenvalue weighted by Crippen LogP contribution is -2.46. The second-order valence-corrected chi connectivity index (χ2v) is 8.67. The minimum Gasteiger partial charge on any atom is -0.494 e. The molecular formula is C29H27FN4O3. The van der Waals surface area contributed by atoms with Crippen molar-refractivity contribution in [3.8, 4) is 17.1 Å². The molecule has 1 atom stereocenters. The summed E-state index contributed by atoms with van der Waals surface area (Å²) in [4.78, 5) is 19.6. The highest BCUT2D eigenvalue weighted by molar-refractivity contribution is 6.01. The van der Waals surface area contributed by atoms with Crippen LogP contribution in [0.4, 0.5) is 14.9 Å². The van der Waals surface area contributed by atoms with E-state index in [1.54, 1.807) is 17.0 Å². The van der Waals surface area contributed by atoms with Gasteiger partial charge in [-0.1, -0.05) is 36.3 Å². The van der Waals surface area contributed by atoms with Gasteiger partial charge >= 0.3 is 6.03 Å². The van der Waals surface area contributed by atoms with Gasteiger partial charge in [0.2, 0.25) is 5.82 Å². The predicted octanol–water partition coefficient (Wildman–Crippen LogP) is 6.54. The van der Waals surface area contributed by atoms with Gasteiger partial charge in [-0.2, -0.15) is 4.98 Å². The Morgan fingerprint density at radius 3 is 2.35 bits per heavy atom. The van der Waals surface area contributed by atoms with Crippen LogP contribution in [-0.4, -0.2) is 22.8 Å². The molecule has 5 rings (SSSR count). The van der Waals surface area contributed by atoms with Crippen molar-refractivity contribution in [2.24, 2.45) is 0 Å². The number of hydrogen-bond acceptors (Lipinski definition) is 5. The van der Waals surface area contributed by atoms with E-state index in [0.29, 0.717) is 35.0 Å². The van der Waals surface area contributed by atoms with Gasteiger partial charge in [-0.05, 0) is 79.9 Å². The van der Waals surface area contributed by atoms with Gasteiger partial charge in [0.25, 0.3) is 5.89 Å². The Bertz CT molecular complexity index is 1430. The zero-order valence-corrected chi connectivity index (χ0v) is 20.9. The second kappa shape index (κ2) is 10.3. The molecule has 7 nitrogen and oxygen atoms in total. The predicted molar refractivity (Wildman–Crippen MR) is 139 cm³/mol. The van der Waals surface area contributed by atoms with Crippen LogP contribution >= 0.6 is 0 Å². The fourth-order valence-corrected chi connectivity index (χ4v) is 4.43. The maximum atomic E-state index is 13.4. The average molecular weight is 499 g/mol. The van der Waals surface area contributed by atoms with E-state index < -0.39 is 6.04 Å². The van der Waals surface area contributed by atoms with Gasteiger partial charge in [0, 0.05) is 11.3 Å². The highest BCUT2D eigenvalue weighted by Crippen LogP contribution is 2.39. The molecule has 1 unspecified atom stereocenters. The summed E-state index contributed by atoms with van der Waals surface area (Å²) >= 11 is 0. The number of nitrogens with one attached hydrogen (secondary N) is 1. The number of hydrogen-bond donors (Lipinski definition) is 1. The van der Waals surface area contributed by atoms with E-state index in [4.69, 9.17) is 9.26 Å². The number of ether oxygens (including phenoxy) is 1. The molecule has 188 valence electrons. The zero-order valence-electron chi connectivity index (χ0n) is 20.9. The molecule has 1 aromatic heterocycles. The second-order valence-electron chi connectivity index (χ2n) is 8.67. The van der Waals surface area contributed by atoms with Crippen LogP contribution in [0.15, 0.2) is 83.0 Å². The van der Waals surface area contributed by atoms with Gasteiger partial charge in [-0.3, -0.25) is 4.90 Å². The molecule has 0 fully saturated rings. The summed E-state index contributed by atoms with van der Waals surface area (Å²) in [7, 11) is 0. The highest BCUT2D eigenvalue weighted by Gasteiger charge is 2.36. The molecule has 0 saturated carbocycles. The Labute approximate surface area is 214 Å². The number of halogens is 1. The number of carbonyl (C=O) groups is 1. The molecule has 0 spiro atoms. The van der Waals surface area contributed by atoms with E-state index >= 15 is 0 Å². The van der Waals surface area contributed by atoms with Crippen LogP contribution in [-0.2, 0) is 6.42 Å². The van der Waals surface area contributed by atoms with E-state index in [0.717, 1.165) is 17.7 Å². The summed E-state index contributed by atoms with van der Waals surface area (Å²) in [5.74, 6) is 0.986. The molecule has 37 heavy (non-hydrogen) atoms. The Kier molecular flexibility index (Phi) is 6.72. The first kappa shape index (κ1) is 24.2. The summed E-state index contributed by atoms with van der Waals surface area (Å²) in [6.07, 6.45) is 0.912.